The molecule has 0 spiro atoms. The fourth-order valence-electron chi connectivity index (χ4n) is 3.89. The molecule has 1 fully saturated rings. The molecule has 1 aromatic heterocycles. The van der Waals surface area contributed by atoms with E-state index >= 15 is 0 Å². The van der Waals surface area contributed by atoms with Crippen molar-refractivity contribution < 1.29 is 4.79 Å². The molecule has 1 saturated carbocycles. The van der Waals surface area contributed by atoms with Crippen LogP contribution < -0.4 is 21.3 Å². The van der Waals surface area contributed by atoms with E-state index in [-0.39, 0.29) is 18.0 Å². The quantitative estimate of drug-likeness (QED) is 0.578. The van der Waals surface area contributed by atoms with Crippen molar-refractivity contribution >= 4 is 41.0 Å². The molecule has 4 N–H and O–H groups in total. The van der Waals surface area contributed by atoms with Gasteiger partial charge in [0.05, 0.1) is 16.3 Å². The molecule has 1 aliphatic rings. The Kier molecular flexibility index (Phi) is 7.38. The number of hydrogen-bond acceptors (Lipinski definition) is 6. The number of rotatable bonds is 6. The third-order valence-corrected chi connectivity index (χ3v) is 5.85. The van der Waals surface area contributed by atoms with Crippen LogP contribution in [0.25, 0.3) is 6.08 Å². The van der Waals surface area contributed by atoms with Crippen molar-refractivity contribution in [2.24, 2.45) is 0 Å². The molecule has 166 valence electrons. The summed E-state index contributed by atoms with van der Waals surface area (Å²) < 4.78 is 0. The maximum absolute atomic E-state index is 12.6. The highest BCUT2D eigenvalue weighted by atomic mass is 35.5. The Morgan fingerprint density at radius 3 is 2.48 bits per heavy atom. The van der Waals surface area contributed by atoms with E-state index in [9.17, 15) is 4.79 Å². The number of carbonyl (C=O) groups is 1. The van der Waals surface area contributed by atoms with Gasteiger partial charge in [-0.15, -0.1) is 0 Å². The van der Waals surface area contributed by atoms with E-state index in [0.29, 0.717) is 22.2 Å². The highest BCUT2D eigenvalue weighted by Crippen LogP contribution is 2.26. The van der Waals surface area contributed by atoms with Crippen LogP contribution in [0.4, 0.5) is 17.5 Å². The minimum absolute atomic E-state index is 0.119. The molecule has 0 unspecified atom stereocenters. The van der Waals surface area contributed by atoms with Gasteiger partial charge in [-0.2, -0.15) is 4.98 Å². The maximum Gasteiger partial charge on any atom is 0.253 e. The van der Waals surface area contributed by atoms with E-state index in [1.54, 1.807) is 18.2 Å². The Bertz CT molecular complexity index is 967. The SMILES string of the molecule is C/C=C\c1nc(NC2CCC(NC(=O)c3ccc(N)cc3Cl)CC2)nc(N(C)C)c1C. The Labute approximate surface area is 189 Å². The molecule has 8 heteroatoms. The van der Waals surface area contributed by atoms with Crippen molar-refractivity contribution in [3.05, 3.63) is 46.1 Å². The van der Waals surface area contributed by atoms with Gasteiger partial charge in [0.15, 0.2) is 0 Å². The van der Waals surface area contributed by atoms with E-state index in [0.717, 1.165) is 42.8 Å². The minimum atomic E-state index is -0.158. The maximum atomic E-state index is 12.6. The van der Waals surface area contributed by atoms with Crippen LogP contribution in [0.5, 0.6) is 0 Å². The van der Waals surface area contributed by atoms with Crippen LogP contribution in [0.1, 0.15) is 54.2 Å². The lowest BCUT2D eigenvalue weighted by atomic mass is 9.91. The number of nitrogens with zero attached hydrogens (tertiary/aromatic N) is 3. The Morgan fingerprint density at radius 1 is 1.19 bits per heavy atom. The largest absolute Gasteiger partial charge is 0.399 e. The molecule has 7 nitrogen and oxygen atoms in total. The van der Waals surface area contributed by atoms with Crippen molar-refractivity contribution in [3.63, 3.8) is 0 Å². The predicted molar refractivity (Wildman–Crippen MR) is 129 cm³/mol. The van der Waals surface area contributed by atoms with Gasteiger partial charge in [0, 0.05) is 37.4 Å². The first-order valence-electron chi connectivity index (χ1n) is 10.6. The molecule has 0 saturated heterocycles. The van der Waals surface area contributed by atoms with Gasteiger partial charge in [-0.1, -0.05) is 17.7 Å². The van der Waals surface area contributed by atoms with Crippen molar-refractivity contribution in [2.75, 3.05) is 30.0 Å². The summed E-state index contributed by atoms with van der Waals surface area (Å²) in [5.74, 6) is 1.39. The lowest BCUT2D eigenvalue weighted by Crippen LogP contribution is -2.40. The van der Waals surface area contributed by atoms with Crippen LogP contribution in [-0.2, 0) is 0 Å². The monoisotopic (exact) mass is 442 g/mol. The fraction of sp³-hybridized carbons (Fsp3) is 0.435. The number of amides is 1. The number of nitrogen functional groups attached to an aromatic ring is 1. The number of hydrogen-bond donors (Lipinski definition) is 3. The molecular weight excluding hydrogens is 412 g/mol. The topological polar surface area (TPSA) is 96.2 Å². The standard InChI is InChI=1S/C23H31ClN6O/c1-5-6-20-14(2)21(30(3)4)29-23(28-20)27-17-10-8-16(9-11-17)26-22(31)18-12-7-15(25)13-19(18)24/h5-7,12-13,16-17H,8-11,25H2,1-4H3,(H,26,31)(H,27,28,29)/b6-5-. The van der Waals surface area contributed by atoms with Crippen LogP contribution >= 0.6 is 11.6 Å². The summed E-state index contributed by atoms with van der Waals surface area (Å²) in [5.41, 5.74) is 8.69. The first-order valence-corrected chi connectivity index (χ1v) is 11.0. The first-order chi connectivity index (χ1) is 14.8. The zero-order valence-corrected chi connectivity index (χ0v) is 19.3. The number of nitrogens with two attached hydrogens (primary N) is 1. The summed E-state index contributed by atoms with van der Waals surface area (Å²) >= 11 is 6.16. The molecule has 0 aliphatic heterocycles. The molecule has 2 aromatic rings. The second-order valence-electron chi connectivity index (χ2n) is 8.18. The second-order valence-corrected chi connectivity index (χ2v) is 8.59. The molecule has 0 bridgehead atoms. The second kappa shape index (κ2) is 10.0. The summed E-state index contributed by atoms with van der Waals surface area (Å²) in [5, 5.41) is 6.96. The van der Waals surface area contributed by atoms with Gasteiger partial charge in [-0.05, 0) is 63.8 Å². The van der Waals surface area contributed by atoms with Gasteiger partial charge in [0.25, 0.3) is 5.91 Å². The highest BCUT2D eigenvalue weighted by molar-refractivity contribution is 6.34. The van der Waals surface area contributed by atoms with Crippen LogP contribution in [0, 0.1) is 6.92 Å². The van der Waals surface area contributed by atoms with Crippen molar-refractivity contribution in [1.82, 2.24) is 15.3 Å². The van der Waals surface area contributed by atoms with E-state index in [2.05, 4.69) is 10.6 Å². The highest BCUT2D eigenvalue weighted by Gasteiger charge is 2.24. The van der Waals surface area contributed by atoms with Crippen LogP contribution in [0.15, 0.2) is 24.3 Å². The number of nitrogens with one attached hydrogen (secondary N) is 2. The van der Waals surface area contributed by atoms with Crippen molar-refractivity contribution in [3.8, 4) is 0 Å². The lowest BCUT2D eigenvalue weighted by molar-refractivity contribution is 0.0926. The van der Waals surface area contributed by atoms with Gasteiger partial charge in [-0.25, -0.2) is 4.98 Å². The molecule has 0 radical (unpaired) electrons. The normalized spacial score (nSPS) is 18.7. The molecule has 1 amide bonds. The predicted octanol–water partition coefficient (Wildman–Crippen LogP) is 4.27. The summed E-state index contributed by atoms with van der Waals surface area (Å²) in [6.07, 6.45) is 7.60. The summed E-state index contributed by atoms with van der Waals surface area (Å²) in [4.78, 5) is 24.0. The molecule has 1 aliphatic carbocycles. The van der Waals surface area contributed by atoms with Gasteiger partial charge < -0.3 is 21.3 Å². The lowest BCUT2D eigenvalue weighted by Gasteiger charge is -2.30. The third kappa shape index (κ3) is 5.67. The smallest absolute Gasteiger partial charge is 0.253 e. The fourth-order valence-corrected chi connectivity index (χ4v) is 4.16. The number of benzene rings is 1. The van der Waals surface area contributed by atoms with Crippen molar-refractivity contribution in [1.29, 1.82) is 0 Å². The Hall–Kier alpha value is -2.80. The summed E-state index contributed by atoms with van der Waals surface area (Å²) in [6.45, 7) is 4.02. The molecule has 1 heterocycles. The minimum Gasteiger partial charge on any atom is -0.399 e. The van der Waals surface area contributed by atoms with E-state index < -0.39 is 0 Å². The zero-order valence-electron chi connectivity index (χ0n) is 18.6. The van der Waals surface area contributed by atoms with Crippen LogP contribution in [0.3, 0.4) is 0 Å². The third-order valence-electron chi connectivity index (χ3n) is 5.54. The van der Waals surface area contributed by atoms with Gasteiger partial charge in [0.1, 0.15) is 5.82 Å². The van der Waals surface area contributed by atoms with Gasteiger partial charge in [0.2, 0.25) is 5.95 Å². The summed E-state index contributed by atoms with van der Waals surface area (Å²) in [7, 11) is 3.97. The molecule has 1 aromatic carbocycles. The number of halogens is 1. The first kappa shape index (κ1) is 22.9. The van der Waals surface area contributed by atoms with Crippen LogP contribution in [-0.4, -0.2) is 42.1 Å². The van der Waals surface area contributed by atoms with Gasteiger partial charge >= 0.3 is 0 Å². The summed E-state index contributed by atoms with van der Waals surface area (Å²) in [6, 6.07) is 5.34. The number of aromatic nitrogens is 2. The number of anilines is 3. The van der Waals surface area contributed by atoms with E-state index in [1.165, 1.54) is 0 Å². The van der Waals surface area contributed by atoms with Gasteiger partial charge in [-0.3, -0.25) is 4.79 Å². The molecular formula is C23H31ClN6O. The molecule has 3 rings (SSSR count). The van der Waals surface area contributed by atoms with E-state index in [4.69, 9.17) is 27.3 Å². The van der Waals surface area contributed by atoms with E-state index in [1.807, 2.05) is 45.0 Å². The Morgan fingerprint density at radius 2 is 1.87 bits per heavy atom. The Balaban J connectivity index is 1.61. The van der Waals surface area contributed by atoms with Crippen molar-refractivity contribution in [2.45, 2.75) is 51.6 Å². The number of allylic oxidation sites excluding steroid dienone is 1. The zero-order chi connectivity index (χ0) is 22.5. The average Bonchev–Trinajstić information content (AvgIpc) is 2.71. The molecule has 0 atom stereocenters. The number of carbonyl (C=O) groups excluding carboxylic acids is 1. The molecule has 31 heavy (non-hydrogen) atoms. The average molecular weight is 443 g/mol. The van der Waals surface area contributed by atoms with Crippen LogP contribution in [0.2, 0.25) is 5.02 Å².